The van der Waals surface area contributed by atoms with Crippen LogP contribution in [0.15, 0.2) is 194 Å². The first-order valence-electron chi connectivity index (χ1n) is 39.7. The van der Waals surface area contributed by atoms with Gasteiger partial charge in [0.2, 0.25) is 0 Å². The first kappa shape index (κ1) is 99.4. The maximum Gasteiger partial charge on any atom is 0.472 e. The van der Waals surface area contributed by atoms with Gasteiger partial charge in [0.1, 0.15) is 25.4 Å². The highest BCUT2D eigenvalue weighted by Gasteiger charge is 2.29. The Labute approximate surface area is 636 Å². The molecule has 0 heterocycles. The van der Waals surface area contributed by atoms with Crippen LogP contribution >= 0.6 is 15.6 Å². The van der Waals surface area contributed by atoms with Crippen molar-refractivity contribution in [1.82, 2.24) is 0 Å². The molecule has 4 N–H and O–H groups in total. The normalized spacial score (nSPS) is 15.0. The average Bonchev–Trinajstić information content (AvgIpc) is 0.915. The number of carbonyl (C=O) groups is 3. The molecule has 5 unspecified atom stereocenters. The van der Waals surface area contributed by atoms with Crippen molar-refractivity contribution >= 4 is 33.6 Å². The van der Waals surface area contributed by atoms with Gasteiger partial charge in [-0.15, -0.1) is 0 Å². The molecule has 18 heteroatoms. The van der Waals surface area contributed by atoms with E-state index in [4.69, 9.17) is 32.3 Å². The number of rotatable bonds is 73. The standard InChI is InChI=1S/C87H140O16P2/c1-4-7-10-13-16-19-22-25-28-31-34-35-36-37-38-39-40-41-42-43-44-45-48-50-52-55-58-61-64-67-70-73-85(90)97-76-82(88)77-99-104(93,94)100-78-83(89)79-101-105(95,96)102-81-84(103-87(92)75-72-69-66-63-60-57-54-51-47-33-30-27-24-21-18-15-12-9-6-3)80-98-86(91)74-71-68-65-62-59-56-53-49-46-32-29-26-23-20-17-14-11-8-5-2/h7-12,16-21,25-30,34-35,37-38,46-47,49,51,56-57,59-60,65,68,82-84,88-89H,4-6,13-15,22-24,31-33,36,39-45,48,50,52-55,58,61-64,66-67,69-81H2,1-3H3,(H,93,94)(H,95,96)/b10-7-,11-8-,12-9-,19-16-,20-17-,21-18-,28-25-,29-26-,30-27-,35-34-,38-37-,49-46-,51-47-,59-56-,60-57-,68-65-. The molecule has 16 nitrogen and oxygen atoms in total. The predicted molar refractivity (Wildman–Crippen MR) is 435 cm³/mol. The van der Waals surface area contributed by atoms with Crippen molar-refractivity contribution in [2.24, 2.45) is 0 Å². The summed E-state index contributed by atoms with van der Waals surface area (Å²) in [4.78, 5) is 58.6. The lowest BCUT2D eigenvalue weighted by Gasteiger charge is -2.21. The number of allylic oxidation sites excluding steroid dienone is 32. The lowest BCUT2D eigenvalue weighted by Crippen LogP contribution is -2.30. The second-order valence-corrected chi connectivity index (χ2v) is 28.6. The molecule has 0 saturated carbocycles. The zero-order chi connectivity index (χ0) is 76.6. The highest BCUT2D eigenvalue weighted by molar-refractivity contribution is 7.47. The van der Waals surface area contributed by atoms with Crippen LogP contribution in [0.4, 0.5) is 0 Å². The van der Waals surface area contributed by atoms with Crippen molar-refractivity contribution in [3.63, 3.8) is 0 Å². The fraction of sp³-hybridized carbons (Fsp3) is 0.598. The SMILES string of the molecule is CC/C=C\C/C=C\C/C=C\C/C=C\C/C=C\C/C=C\CCC(=O)OCC(COP(=O)(O)OCC(O)COP(=O)(O)OCC(O)COC(=O)CCCCCCCCCCCCCCCCC/C=C\C/C=C\C/C=C\C/C=C\C/C=C\CC)OC(=O)CCCCC/C=C\C/C=C\C/C=C\C/C=C\C/C=C\CC. The van der Waals surface area contributed by atoms with E-state index in [9.17, 15) is 43.5 Å². The quantitative estimate of drug-likeness (QED) is 0.0146. The predicted octanol–water partition coefficient (Wildman–Crippen LogP) is 23.5. The minimum atomic E-state index is -4.97. The molecule has 0 saturated heterocycles. The number of carbonyl (C=O) groups excluding carboxylic acids is 3. The maximum atomic E-state index is 13.0. The number of ether oxygens (including phenoxy) is 3. The third kappa shape index (κ3) is 79.3. The molecule has 594 valence electrons. The molecule has 0 aliphatic carbocycles. The first-order chi connectivity index (χ1) is 51.2. The monoisotopic (exact) mass is 1500 g/mol. The summed E-state index contributed by atoms with van der Waals surface area (Å²) in [5.41, 5.74) is 0. The zero-order valence-electron chi connectivity index (χ0n) is 64.8. The second kappa shape index (κ2) is 78.0. The number of hydrogen-bond acceptors (Lipinski definition) is 14. The van der Waals surface area contributed by atoms with E-state index in [-0.39, 0.29) is 19.3 Å². The van der Waals surface area contributed by atoms with Crippen molar-refractivity contribution in [1.29, 1.82) is 0 Å². The van der Waals surface area contributed by atoms with Gasteiger partial charge in [-0.05, 0) is 148 Å². The van der Waals surface area contributed by atoms with Crippen LogP contribution in [0.3, 0.4) is 0 Å². The Balaban J connectivity index is 4.62. The number of esters is 3. The third-order valence-electron chi connectivity index (χ3n) is 15.8. The molecule has 0 aliphatic heterocycles. The van der Waals surface area contributed by atoms with Gasteiger partial charge in [0.05, 0.1) is 26.4 Å². The van der Waals surface area contributed by atoms with Gasteiger partial charge >= 0.3 is 33.6 Å². The van der Waals surface area contributed by atoms with E-state index in [1.165, 1.54) is 77.0 Å². The molecule has 105 heavy (non-hydrogen) atoms. The Morgan fingerprint density at radius 3 is 0.819 bits per heavy atom. The van der Waals surface area contributed by atoms with Gasteiger partial charge in [0.15, 0.2) is 6.10 Å². The van der Waals surface area contributed by atoms with Crippen LogP contribution in [-0.4, -0.2) is 95.9 Å². The summed E-state index contributed by atoms with van der Waals surface area (Å²) in [6.45, 7) is 2.19. The highest BCUT2D eigenvalue weighted by Crippen LogP contribution is 2.45. The van der Waals surface area contributed by atoms with Gasteiger partial charge in [-0.2, -0.15) is 0 Å². The number of phosphoric acid groups is 2. The van der Waals surface area contributed by atoms with Gasteiger partial charge in [0, 0.05) is 19.3 Å². The molecule has 0 aromatic heterocycles. The van der Waals surface area contributed by atoms with E-state index in [0.29, 0.717) is 25.7 Å². The number of phosphoric ester groups is 2. The molecule has 0 spiro atoms. The zero-order valence-corrected chi connectivity index (χ0v) is 66.6. The molecule has 0 aromatic carbocycles. The van der Waals surface area contributed by atoms with Crippen LogP contribution in [0.25, 0.3) is 0 Å². The number of hydrogen-bond donors (Lipinski definition) is 4. The molecular weight excluding hydrogens is 1360 g/mol. The molecule has 0 radical (unpaired) electrons. The van der Waals surface area contributed by atoms with E-state index in [1.807, 2.05) is 18.2 Å². The number of unbranched alkanes of at least 4 members (excludes halogenated alkanes) is 18. The van der Waals surface area contributed by atoms with E-state index in [1.54, 1.807) is 0 Å². The van der Waals surface area contributed by atoms with E-state index >= 15 is 0 Å². The van der Waals surface area contributed by atoms with Gasteiger partial charge < -0.3 is 34.2 Å². The summed E-state index contributed by atoms with van der Waals surface area (Å²) >= 11 is 0. The molecule has 0 aliphatic rings. The van der Waals surface area contributed by atoms with Crippen LogP contribution in [0.2, 0.25) is 0 Å². The van der Waals surface area contributed by atoms with Crippen LogP contribution < -0.4 is 0 Å². The van der Waals surface area contributed by atoms with Crippen molar-refractivity contribution in [2.45, 2.75) is 296 Å². The highest BCUT2D eigenvalue weighted by atomic mass is 31.2. The largest absolute Gasteiger partial charge is 0.472 e. The Bertz CT molecular complexity index is 2690. The lowest BCUT2D eigenvalue weighted by molar-refractivity contribution is -0.161. The van der Waals surface area contributed by atoms with Gasteiger partial charge in [-0.3, -0.25) is 32.5 Å². The molecule has 5 atom stereocenters. The fourth-order valence-corrected chi connectivity index (χ4v) is 11.5. The van der Waals surface area contributed by atoms with Crippen LogP contribution in [0.5, 0.6) is 0 Å². The summed E-state index contributed by atoms with van der Waals surface area (Å²) in [6.07, 6.45) is 102. The minimum Gasteiger partial charge on any atom is -0.463 e. The minimum absolute atomic E-state index is 0.0299. The Hall–Kier alpha value is -5.61. The van der Waals surface area contributed by atoms with Crippen LogP contribution in [-0.2, 0) is 55.8 Å². The van der Waals surface area contributed by atoms with Crippen molar-refractivity contribution in [3.8, 4) is 0 Å². The molecule has 0 amide bonds. The van der Waals surface area contributed by atoms with E-state index in [0.717, 1.165) is 135 Å². The lowest BCUT2D eigenvalue weighted by atomic mass is 10.0. The average molecular weight is 1500 g/mol. The smallest absolute Gasteiger partial charge is 0.463 e. The Morgan fingerprint density at radius 1 is 0.267 bits per heavy atom. The summed E-state index contributed by atoms with van der Waals surface area (Å²) in [7, 11) is -9.84. The fourth-order valence-electron chi connectivity index (χ4n) is 9.89. The molecule has 0 bridgehead atoms. The first-order valence-corrected chi connectivity index (χ1v) is 42.7. The molecule has 0 rings (SSSR count). The van der Waals surface area contributed by atoms with Crippen LogP contribution in [0, 0.1) is 0 Å². The Morgan fingerprint density at radius 2 is 0.495 bits per heavy atom. The molecule has 0 aromatic rings. The van der Waals surface area contributed by atoms with E-state index in [2.05, 4.69) is 197 Å². The molecule has 0 fully saturated rings. The summed E-state index contributed by atoms with van der Waals surface area (Å²) in [5, 5.41) is 20.6. The van der Waals surface area contributed by atoms with Crippen molar-refractivity contribution in [3.05, 3.63) is 194 Å². The maximum absolute atomic E-state index is 13.0. The van der Waals surface area contributed by atoms with Gasteiger partial charge in [-0.25, -0.2) is 9.13 Å². The Kier molecular flexibility index (Phi) is 73.8. The van der Waals surface area contributed by atoms with Gasteiger partial charge in [0.25, 0.3) is 0 Å². The van der Waals surface area contributed by atoms with E-state index < -0.39 is 91.5 Å². The number of aliphatic hydroxyl groups excluding tert-OH is 2. The van der Waals surface area contributed by atoms with Crippen LogP contribution in [0.1, 0.15) is 278 Å². The van der Waals surface area contributed by atoms with Gasteiger partial charge in [-0.1, -0.05) is 305 Å². The summed E-state index contributed by atoms with van der Waals surface area (Å²) in [6, 6.07) is 0. The third-order valence-corrected chi connectivity index (χ3v) is 17.7. The van der Waals surface area contributed by atoms with Crippen molar-refractivity contribution in [2.75, 3.05) is 39.6 Å². The molecular formula is C87H140O16P2. The number of aliphatic hydroxyl groups is 2. The van der Waals surface area contributed by atoms with Crippen molar-refractivity contribution < 1.29 is 75.8 Å². The topological polar surface area (TPSA) is 231 Å². The summed E-state index contributed by atoms with van der Waals surface area (Å²) < 4.78 is 61.0. The summed E-state index contributed by atoms with van der Waals surface area (Å²) in [5.74, 6) is -1.72. The second-order valence-electron chi connectivity index (χ2n) is 25.7.